The van der Waals surface area contributed by atoms with Crippen LogP contribution in [0.15, 0.2) is 36.4 Å². The number of anilines is 2. The molecule has 0 saturated carbocycles. The Morgan fingerprint density at radius 1 is 1.19 bits per heavy atom. The summed E-state index contributed by atoms with van der Waals surface area (Å²) in [5, 5.41) is 2.82. The van der Waals surface area contributed by atoms with Crippen molar-refractivity contribution in [2.45, 2.75) is 26.9 Å². The van der Waals surface area contributed by atoms with Crippen molar-refractivity contribution in [2.24, 2.45) is 0 Å². The van der Waals surface area contributed by atoms with E-state index in [0.717, 1.165) is 11.1 Å². The molecule has 3 rings (SSSR count). The van der Waals surface area contributed by atoms with Crippen LogP contribution in [0.5, 0.6) is 5.75 Å². The Bertz CT molecular complexity index is 871. The van der Waals surface area contributed by atoms with Crippen molar-refractivity contribution in [1.82, 2.24) is 0 Å². The van der Waals surface area contributed by atoms with E-state index in [1.807, 2.05) is 32.0 Å². The van der Waals surface area contributed by atoms with Crippen LogP contribution in [0.1, 0.15) is 28.4 Å². The van der Waals surface area contributed by atoms with Gasteiger partial charge in [-0.25, -0.2) is 0 Å². The lowest BCUT2D eigenvalue weighted by Gasteiger charge is -2.32. The number of nitrogens with zero attached hydrogens (tertiary/aromatic N) is 1. The second-order valence-corrected chi connectivity index (χ2v) is 6.45. The number of amides is 2. The number of carbonyl (C=O) groups is 3. The first-order chi connectivity index (χ1) is 12.4. The van der Waals surface area contributed by atoms with E-state index in [-0.39, 0.29) is 18.4 Å². The highest BCUT2D eigenvalue weighted by Crippen LogP contribution is 2.34. The van der Waals surface area contributed by atoms with Gasteiger partial charge in [-0.3, -0.25) is 19.3 Å². The van der Waals surface area contributed by atoms with Crippen molar-refractivity contribution in [3.05, 3.63) is 53.1 Å². The van der Waals surface area contributed by atoms with Crippen LogP contribution >= 0.6 is 0 Å². The summed E-state index contributed by atoms with van der Waals surface area (Å²) in [5.41, 5.74) is 3.60. The molecule has 6 heteroatoms. The van der Waals surface area contributed by atoms with Gasteiger partial charge in [0.05, 0.1) is 5.69 Å². The minimum absolute atomic E-state index is 0.158. The van der Waals surface area contributed by atoms with Gasteiger partial charge < -0.3 is 10.1 Å². The number of carbonyl (C=O) groups excluding carboxylic acids is 3. The van der Waals surface area contributed by atoms with Crippen LogP contribution in [0.2, 0.25) is 0 Å². The molecule has 6 nitrogen and oxygen atoms in total. The molecule has 2 aromatic carbocycles. The van der Waals surface area contributed by atoms with Gasteiger partial charge in [-0.15, -0.1) is 0 Å². The summed E-state index contributed by atoms with van der Waals surface area (Å²) < 4.78 is 5.57. The second-order valence-electron chi connectivity index (χ2n) is 6.45. The monoisotopic (exact) mass is 352 g/mol. The van der Waals surface area contributed by atoms with Gasteiger partial charge in [-0.1, -0.05) is 6.07 Å². The summed E-state index contributed by atoms with van der Waals surface area (Å²) in [6.45, 7) is 5.38. The van der Waals surface area contributed by atoms with Crippen LogP contribution < -0.4 is 15.0 Å². The molecule has 0 aromatic heterocycles. The number of fused-ring (bicyclic) bond motifs is 1. The molecule has 0 radical (unpaired) electrons. The zero-order valence-corrected chi connectivity index (χ0v) is 14.9. The van der Waals surface area contributed by atoms with Gasteiger partial charge in [0, 0.05) is 11.3 Å². The molecule has 1 N–H and O–H groups in total. The van der Waals surface area contributed by atoms with Crippen molar-refractivity contribution in [1.29, 1.82) is 0 Å². The van der Waals surface area contributed by atoms with E-state index < -0.39 is 6.10 Å². The Hall–Kier alpha value is -3.15. The number of aldehydes is 1. The molecular formula is C20H20N2O4. The van der Waals surface area contributed by atoms with Gasteiger partial charge in [0.25, 0.3) is 5.91 Å². The maximum atomic E-state index is 12.5. The number of hydrogen-bond donors (Lipinski definition) is 1. The molecule has 1 heterocycles. The predicted octanol–water partition coefficient (Wildman–Crippen LogP) is 2.87. The van der Waals surface area contributed by atoms with Crippen LogP contribution in [0.25, 0.3) is 0 Å². The molecule has 134 valence electrons. The summed E-state index contributed by atoms with van der Waals surface area (Å²) >= 11 is 0. The Morgan fingerprint density at radius 2 is 1.88 bits per heavy atom. The largest absolute Gasteiger partial charge is 0.479 e. The highest BCUT2D eigenvalue weighted by Gasteiger charge is 2.33. The molecule has 0 spiro atoms. The first-order valence-electron chi connectivity index (χ1n) is 8.33. The van der Waals surface area contributed by atoms with Crippen LogP contribution in [-0.2, 0) is 9.59 Å². The van der Waals surface area contributed by atoms with Crippen molar-refractivity contribution in [3.8, 4) is 5.75 Å². The Labute approximate surface area is 151 Å². The summed E-state index contributed by atoms with van der Waals surface area (Å²) in [6, 6.07) is 10.6. The average Bonchev–Trinajstić information content (AvgIpc) is 2.57. The fourth-order valence-electron chi connectivity index (χ4n) is 3.05. The number of aryl methyl sites for hydroxylation is 2. The van der Waals surface area contributed by atoms with Gasteiger partial charge in [0.15, 0.2) is 6.10 Å². The average molecular weight is 352 g/mol. The lowest BCUT2D eigenvalue weighted by atomic mass is 10.1. The molecule has 1 atom stereocenters. The first-order valence-corrected chi connectivity index (χ1v) is 8.33. The predicted molar refractivity (Wildman–Crippen MR) is 98.8 cm³/mol. The molecule has 1 aliphatic rings. The zero-order valence-electron chi connectivity index (χ0n) is 14.9. The van der Waals surface area contributed by atoms with E-state index in [9.17, 15) is 14.4 Å². The van der Waals surface area contributed by atoms with Crippen LogP contribution in [0.3, 0.4) is 0 Å². The normalized spacial score (nSPS) is 15.9. The number of hydrogen-bond acceptors (Lipinski definition) is 4. The van der Waals surface area contributed by atoms with E-state index in [4.69, 9.17) is 4.74 Å². The highest BCUT2D eigenvalue weighted by atomic mass is 16.5. The minimum atomic E-state index is -0.696. The smallest absolute Gasteiger partial charge is 0.268 e. The molecule has 1 unspecified atom stereocenters. The van der Waals surface area contributed by atoms with Crippen molar-refractivity contribution in [2.75, 3.05) is 16.8 Å². The van der Waals surface area contributed by atoms with Crippen LogP contribution in [-0.4, -0.2) is 30.7 Å². The lowest BCUT2D eigenvalue weighted by molar-refractivity contribution is -0.127. The highest BCUT2D eigenvalue weighted by molar-refractivity contribution is 6.06. The molecule has 1 aliphatic heterocycles. The van der Waals surface area contributed by atoms with Gasteiger partial charge in [0.1, 0.15) is 18.6 Å². The maximum absolute atomic E-state index is 12.5. The summed E-state index contributed by atoms with van der Waals surface area (Å²) in [5.74, 6) is -0.169. The Morgan fingerprint density at radius 3 is 2.54 bits per heavy atom. The molecule has 0 saturated heterocycles. The van der Waals surface area contributed by atoms with Gasteiger partial charge in [0.2, 0.25) is 5.91 Å². The van der Waals surface area contributed by atoms with Gasteiger partial charge in [-0.05, 0) is 62.2 Å². The topological polar surface area (TPSA) is 75.7 Å². The summed E-state index contributed by atoms with van der Waals surface area (Å²) in [7, 11) is 0. The Balaban J connectivity index is 1.85. The number of rotatable bonds is 4. The van der Waals surface area contributed by atoms with E-state index in [0.29, 0.717) is 29.0 Å². The van der Waals surface area contributed by atoms with Crippen molar-refractivity contribution < 1.29 is 19.1 Å². The number of ether oxygens (including phenoxy) is 1. The molecule has 2 aromatic rings. The lowest BCUT2D eigenvalue weighted by Crippen LogP contribution is -2.47. The van der Waals surface area contributed by atoms with Crippen molar-refractivity contribution in [3.63, 3.8) is 0 Å². The van der Waals surface area contributed by atoms with Gasteiger partial charge in [-0.2, -0.15) is 0 Å². The first kappa shape index (κ1) is 17.7. The van der Waals surface area contributed by atoms with E-state index >= 15 is 0 Å². The van der Waals surface area contributed by atoms with E-state index in [2.05, 4.69) is 5.32 Å². The van der Waals surface area contributed by atoms with E-state index in [1.54, 1.807) is 25.1 Å². The minimum Gasteiger partial charge on any atom is -0.479 e. The standard InChI is InChI=1S/C20H20N2O4/c1-12-6-13(2)8-16(7-12)21-19(24)10-22-17-9-15(11-23)4-5-18(17)26-14(3)20(22)25/h4-9,11,14H,10H2,1-3H3,(H,21,24). The molecular weight excluding hydrogens is 332 g/mol. The third kappa shape index (κ3) is 3.59. The molecule has 0 aliphatic carbocycles. The fraction of sp³-hybridized carbons (Fsp3) is 0.250. The molecule has 0 fully saturated rings. The SMILES string of the molecule is Cc1cc(C)cc(NC(=O)CN2C(=O)C(C)Oc3ccc(C=O)cc32)c1. The number of nitrogens with one attached hydrogen (secondary N) is 1. The summed E-state index contributed by atoms with van der Waals surface area (Å²) in [4.78, 5) is 37.4. The molecule has 0 bridgehead atoms. The quantitative estimate of drug-likeness (QED) is 0.859. The fourth-order valence-corrected chi connectivity index (χ4v) is 3.05. The van der Waals surface area contributed by atoms with E-state index in [1.165, 1.54) is 4.90 Å². The summed E-state index contributed by atoms with van der Waals surface area (Å²) in [6.07, 6.45) is -0.00471. The van der Waals surface area contributed by atoms with Gasteiger partial charge >= 0.3 is 0 Å². The van der Waals surface area contributed by atoms with Crippen LogP contribution in [0.4, 0.5) is 11.4 Å². The third-order valence-electron chi connectivity index (χ3n) is 4.13. The molecule has 2 amide bonds. The van der Waals surface area contributed by atoms with Crippen molar-refractivity contribution >= 4 is 29.5 Å². The second kappa shape index (κ2) is 7.00. The maximum Gasteiger partial charge on any atom is 0.268 e. The zero-order chi connectivity index (χ0) is 18.8. The Kier molecular flexibility index (Phi) is 4.75. The van der Waals surface area contributed by atoms with Crippen LogP contribution in [0, 0.1) is 13.8 Å². The third-order valence-corrected chi connectivity index (χ3v) is 4.13. The molecule has 26 heavy (non-hydrogen) atoms. The number of benzene rings is 2.